The maximum atomic E-state index is 5.65. The van der Waals surface area contributed by atoms with Crippen LogP contribution < -0.4 is 10.6 Å². The van der Waals surface area contributed by atoms with E-state index in [1.807, 2.05) is 7.05 Å². The van der Waals surface area contributed by atoms with Crippen molar-refractivity contribution in [3.63, 3.8) is 0 Å². The molecule has 0 amide bonds. The highest BCUT2D eigenvalue weighted by molar-refractivity contribution is 14.0. The lowest BCUT2D eigenvalue weighted by Gasteiger charge is -2.59. The van der Waals surface area contributed by atoms with Gasteiger partial charge < -0.3 is 15.4 Å². The fourth-order valence-corrected chi connectivity index (χ4v) is 3.31. The van der Waals surface area contributed by atoms with Gasteiger partial charge in [-0.1, -0.05) is 19.9 Å². The zero-order valence-electron chi connectivity index (χ0n) is 13.4. The Labute approximate surface area is 148 Å². The van der Waals surface area contributed by atoms with Crippen molar-refractivity contribution in [1.82, 2.24) is 10.6 Å². The zero-order chi connectivity index (χ0) is 14.8. The molecule has 0 bridgehead atoms. The van der Waals surface area contributed by atoms with Crippen LogP contribution in [0.3, 0.4) is 0 Å². The molecule has 2 atom stereocenters. The van der Waals surface area contributed by atoms with Crippen molar-refractivity contribution >= 4 is 41.3 Å². The molecule has 1 heterocycles. The monoisotopic (exact) mass is 423 g/mol. The molecule has 6 heteroatoms. The van der Waals surface area contributed by atoms with E-state index in [-0.39, 0.29) is 35.0 Å². The lowest BCUT2D eigenvalue weighted by molar-refractivity contribution is -0.176. The summed E-state index contributed by atoms with van der Waals surface area (Å²) in [6.07, 6.45) is 0.996. The topological polar surface area (TPSA) is 45.7 Å². The van der Waals surface area contributed by atoms with Gasteiger partial charge in [-0.05, 0) is 24.8 Å². The summed E-state index contributed by atoms with van der Waals surface area (Å²) >= 11 is 1.75. The third kappa shape index (κ3) is 3.71. The molecule has 0 spiro atoms. The van der Waals surface area contributed by atoms with Gasteiger partial charge in [0.2, 0.25) is 0 Å². The Morgan fingerprint density at radius 1 is 1.48 bits per heavy atom. The van der Waals surface area contributed by atoms with Gasteiger partial charge in [0.15, 0.2) is 5.96 Å². The maximum absolute atomic E-state index is 5.65. The van der Waals surface area contributed by atoms with E-state index in [2.05, 4.69) is 53.9 Å². The third-order valence-electron chi connectivity index (χ3n) is 4.82. The normalized spacial score (nSPS) is 27.5. The SMILES string of the molecule is CN=C(NCc1cccs1)NC1CC(C)(OC)C1(C)C.I. The predicted octanol–water partition coefficient (Wildman–Crippen LogP) is 3.23. The summed E-state index contributed by atoms with van der Waals surface area (Å²) < 4.78 is 5.65. The molecule has 0 aliphatic heterocycles. The summed E-state index contributed by atoms with van der Waals surface area (Å²) in [5.41, 5.74) is 0.0274. The summed E-state index contributed by atoms with van der Waals surface area (Å²) in [7, 11) is 3.60. The molecular weight excluding hydrogens is 397 g/mol. The van der Waals surface area contributed by atoms with Gasteiger partial charge in [-0.2, -0.15) is 0 Å². The van der Waals surface area contributed by atoms with Crippen LogP contribution in [0.25, 0.3) is 0 Å². The van der Waals surface area contributed by atoms with Crippen LogP contribution in [0.4, 0.5) is 0 Å². The van der Waals surface area contributed by atoms with Crippen LogP contribution in [0.1, 0.15) is 32.1 Å². The maximum Gasteiger partial charge on any atom is 0.191 e. The number of hydrogen-bond donors (Lipinski definition) is 2. The molecule has 21 heavy (non-hydrogen) atoms. The fraction of sp³-hybridized carbons (Fsp3) is 0.667. The van der Waals surface area contributed by atoms with Crippen molar-refractivity contribution in [2.24, 2.45) is 10.4 Å². The minimum absolute atomic E-state index is 0. The third-order valence-corrected chi connectivity index (χ3v) is 5.70. The van der Waals surface area contributed by atoms with Crippen molar-refractivity contribution < 1.29 is 4.74 Å². The Hall–Kier alpha value is -0.340. The predicted molar refractivity (Wildman–Crippen MR) is 101 cm³/mol. The number of nitrogens with zero attached hydrogens (tertiary/aromatic N) is 1. The van der Waals surface area contributed by atoms with E-state index in [1.54, 1.807) is 18.4 Å². The second-order valence-electron chi connectivity index (χ2n) is 6.06. The Balaban J connectivity index is 0.00000220. The first-order chi connectivity index (χ1) is 9.43. The summed E-state index contributed by atoms with van der Waals surface area (Å²) in [6, 6.07) is 4.57. The molecule has 2 rings (SSSR count). The van der Waals surface area contributed by atoms with E-state index in [4.69, 9.17) is 4.74 Å². The number of ether oxygens (including phenoxy) is 1. The minimum Gasteiger partial charge on any atom is -0.378 e. The molecule has 1 fully saturated rings. The molecule has 120 valence electrons. The summed E-state index contributed by atoms with van der Waals surface area (Å²) in [5.74, 6) is 0.856. The highest BCUT2D eigenvalue weighted by atomic mass is 127. The summed E-state index contributed by atoms with van der Waals surface area (Å²) in [4.78, 5) is 5.61. The van der Waals surface area contributed by atoms with E-state index in [9.17, 15) is 0 Å². The number of guanidine groups is 1. The first-order valence-corrected chi connectivity index (χ1v) is 7.85. The zero-order valence-corrected chi connectivity index (χ0v) is 16.5. The number of aliphatic imine (C=N–C) groups is 1. The van der Waals surface area contributed by atoms with Crippen LogP contribution in [0.5, 0.6) is 0 Å². The Morgan fingerprint density at radius 3 is 2.67 bits per heavy atom. The lowest BCUT2D eigenvalue weighted by atomic mass is 9.56. The van der Waals surface area contributed by atoms with Crippen molar-refractivity contribution in [2.75, 3.05) is 14.2 Å². The van der Waals surface area contributed by atoms with Crippen molar-refractivity contribution in [3.05, 3.63) is 22.4 Å². The van der Waals surface area contributed by atoms with Crippen molar-refractivity contribution in [3.8, 4) is 0 Å². The number of halogens is 1. The van der Waals surface area contributed by atoms with Crippen LogP contribution in [0.2, 0.25) is 0 Å². The van der Waals surface area contributed by atoms with Gasteiger partial charge in [-0.25, -0.2) is 0 Å². The molecule has 1 aliphatic carbocycles. The standard InChI is InChI=1S/C15H25N3OS.HI/c1-14(2)12(9-15(14,3)19-5)18-13(16-4)17-10-11-7-6-8-20-11;/h6-8,12H,9-10H2,1-5H3,(H2,16,17,18);1H. The number of rotatable bonds is 4. The largest absolute Gasteiger partial charge is 0.378 e. The van der Waals surface area contributed by atoms with Gasteiger partial charge in [-0.15, -0.1) is 35.3 Å². The molecule has 2 N–H and O–H groups in total. The second-order valence-corrected chi connectivity index (χ2v) is 7.10. The molecule has 1 aromatic heterocycles. The van der Waals surface area contributed by atoms with E-state index in [0.717, 1.165) is 18.9 Å². The van der Waals surface area contributed by atoms with Crippen LogP contribution in [0.15, 0.2) is 22.5 Å². The molecule has 0 saturated heterocycles. The smallest absolute Gasteiger partial charge is 0.191 e. The molecule has 1 saturated carbocycles. The average Bonchev–Trinajstić information content (AvgIpc) is 2.95. The highest BCUT2D eigenvalue weighted by Crippen LogP contribution is 2.51. The van der Waals surface area contributed by atoms with Gasteiger partial charge in [0.1, 0.15) is 0 Å². The Kier molecular flexibility index (Phi) is 6.49. The Morgan fingerprint density at radius 2 is 2.19 bits per heavy atom. The van der Waals surface area contributed by atoms with Crippen LogP contribution >= 0.6 is 35.3 Å². The average molecular weight is 423 g/mol. The van der Waals surface area contributed by atoms with E-state index in [0.29, 0.717) is 6.04 Å². The summed E-state index contributed by atoms with van der Waals surface area (Å²) in [6.45, 7) is 7.47. The highest BCUT2D eigenvalue weighted by Gasteiger charge is 2.57. The van der Waals surface area contributed by atoms with E-state index in [1.165, 1.54) is 4.88 Å². The summed E-state index contributed by atoms with van der Waals surface area (Å²) in [5, 5.41) is 8.96. The van der Waals surface area contributed by atoms with Gasteiger partial charge >= 0.3 is 0 Å². The van der Waals surface area contributed by atoms with E-state index >= 15 is 0 Å². The van der Waals surface area contributed by atoms with E-state index < -0.39 is 0 Å². The first kappa shape index (κ1) is 18.7. The molecule has 1 aliphatic rings. The Bertz CT molecular complexity index is 475. The second kappa shape index (κ2) is 7.28. The molecular formula is C15H26IN3OS. The van der Waals surface area contributed by atoms with Crippen LogP contribution in [-0.2, 0) is 11.3 Å². The molecule has 1 aromatic rings. The minimum atomic E-state index is -0.0583. The lowest BCUT2D eigenvalue weighted by Crippen LogP contribution is -2.69. The molecule has 0 radical (unpaired) electrons. The van der Waals surface area contributed by atoms with Crippen molar-refractivity contribution in [2.45, 2.75) is 45.4 Å². The number of methoxy groups -OCH3 is 1. The number of hydrogen-bond acceptors (Lipinski definition) is 3. The van der Waals surface area contributed by atoms with Gasteiger partial charge in [0, 0.05) is 30.5 Å². The molecule has 2 unspecified atom stereocenters. The van der Waals surface area contributed by atoms with Gasteiger partial charge in [0.25, 0.3) is 0 Å². The van der Waals surface area contributed by atoms with Gasteiger partial charge in [0.05, 0.1) is 12.1 Å². The number of nitrogens with one attached hydrogen (secondary N) is 2. The number of thiophene rings is 1. The fourth-order valence-electron chi connectivity index (χ4n) is 2.67. The van der Waals surface area contributed by atoms with Gasteiger partial charge in [-0.3, -0.25) is 4.99 Å². The first-order valence-electron chi connectivity index (χ1n) is 6.97. The van der Waals surface area contributed by atoms with Crippen LogP contribution in [0, 0.1) is 5.41 Å². The van der Waals surface area contributed by atoms with Crippen molar-refractivity contribution in [1.29, 1.82) is 0 Å². The molecule has 4 nitrogen and oxygen atoms in total. The quantitative estimate of drug-likeness (QED) is 0.444. The molecule has 0 aromatic carbocycles. The van der Waals surface area contributed by atoms with Crippen LogP contribution in [-0.4, -0.2) is 31.8 Å².